The van der Waals surface area contributed by atoms with E-state index in [1.165, 1.54) is 11.8 Å². The first-order valence-electron chi connectivity index (χ1n) is 9.00. The summed E-state index contributed by atoms with van der Waals surface area (Å²) in [6.45, 7) is 3.99. The van der Waals surface area contributed by atoms with Crippen LogP contribution in [-0.2, 0) is 7.05 Å². The quantitative estimate of drug-likeness (QED) is 0.285. The predicted octanol–water partition coefficient (Wildman–Crippen LogP) is 5.22. The van der Waals surface area contributed by atoms with Crippen molar-refractivity contribution in [2.24, 2.45) is 7.05 Å². The molecular formula is C21H19BrN4O2S. The molecule has 0 N–H and O–H groups in total. The summed E-state index contributed by atoms with van der Waals surface area (Å²) in [7, 11) is 1.87. The number of halogens is 1. The molecule has 3 heterocycles. The van der Waals surface area contributed by atoms with Gasteiger partial charge in [-0.25, -0.2) is 0 Å². The van der Waals surface area contributed by atoms with Crippen LogP contribution in [0.2, 0.25) is 0 Å². The summed E-state index contributed by atoms with van der Waals surface area (Å²) >= 11 is 4.83. The minimum atomic E-state index is 0.0639. The highest BCUT2D eigenvalue weighted by Gasteiger charge is 2.19. The number of aromatic nitrogens is 4. The number of furan rings is 1. The van der Waals surface area contributed by atoms with Crippen LogP contribution in [0.5, 0.6) is 0 Å². The first-order valence-corrected chi connectivity index (χ1v) is 10.8. The van der Waals surface area contributed by atoms with E-state index in [2.05, 4.69) is 30.7 Å². The van der Waals surface area contributed by atoms with E-state index >= 15 is 0 Å². The fourth-order valence-electron chi connectivity index (χ4n) is 3.30. The molecule has 0 fully saturated rings. The van der Waals surface area contributed by atoms with Gasteiger partial charge >= 0.3 is 0 Å². The van der Waals surface area contributed by atoms with Gasteiger partial charge in [-0.05, 0) is 56.3 Å². The van der Waals surface area contributed by atoms with E-state index in [1.807, 2.05) is 67.9 Å². The highest BCUT2D eigenvalue weighted by Crippen LogP contribution is 2.26. The van der Waals surface area contributed by atoms with Gasteiger partial charge in [-0.3, -0.25) is 4.79 Å². The summed E-state index contributed by atoms with van der Waals surface area (Å²) < 4.78 is 10.3. The van der Waals surface area contributed by atoms with Crippen LogP contribution in [0.3, 0.4) is 0 Å². The summed E-state index contributed by atoms with van der Waals surface area (Å²) in [5.41, 5.74) is 3.72. The molecule has 0 atom stereocenters. The molecule has 0 saturated heterocycles. The highest BCUT2D eigenvalue weighted by molar-refractivity contribution is 9.10. The fraction of sp³-hybridized carbons (Fsp3) is 0.190. The third kappa shape index (κ3) is 3.82. The molecule has 148 valence electrons. The molecule has 0 radical (unpaired) electrons. The molecule has 0 saturated carbocycles. The van der Waals surface area contributed by atoms with Crippen LogP contribution in [0.1, 0.15) is 21.7 Å². The van der Waals surface area contributed by atoms with Crippen molar-refractivity contribution >= 4 is 33.5 Å². The van der Waals surface area contributed by atoms with Crippen LogP contribution >= 0.6 is 27.7 Å². The fourth-order valence-corrected chi connectivity index (χ4v) is 4.36. The Labute approximate surface area is 181 Å². The summed E-state index contributed by atoms with van der Waals surface area (Å²) in [6.07, 6.45) is 1.60. The van der Waals surface area contributed by atoms with E-state index in [0.29, 0.717) is 16.7 Å². The zero-order valence-electron chi connectivity index (χ0n) is 16.2. The second-order valence-electron chi connectivity index (χ2n) is 6.65. The Morgan fingerprint density at radius 2 is 1.93 bits per heavy atom. The maximum atomic E-state index is 12.9. The van der Waals surface area contributed by atoms with Crippen molar-refractivity contribution < 1.29 is 9.21 Å². The van der Waals surface area contributed by atoms with Crippen molar-refractivity contribution in [3.05, 3.63) is 70.2 Å². The number of benzene rings is 1. The Morgan fingerprint density at radius 3 is 2.62 bits per heavy atom. The molecule has 8 heteroatoms. The maximum Gasteiger partial charge on any atom is 0.200 e. The smallest absolute Gasteiger partial charge is 0.200 e. The van der Waals surface area contributed by atoms with Crippen molar-refractivity contribution in [2.45, 2.75) is 19.0 Å². The zero-order valence-corrected chi connectivity index (χ0v) is 18.6. The van der Waals surface area contributed by atoms with Crippen molar-refractivity contribution in [1.82, 2.24) is 19.3 Å². The van der Waals surface area contributed by atoms with E-state index in [0.717, 1.165) is 27.1 Å². The molecule has 29 heavy (non-hydrogen) atoms. The molecule has 0 aliphatic heterocycles. The molecule has 6 nitrogen and oxygen atoms in total. The summed E-state index contributed by atoms with van der Waals surface area (Å²) in [5, 5.41) is 9.04. The first-order chi connectivity index (χ1) is 14.0. The van der Waals surface area contributed by atoms with Gasteiger partial charge in [-0.1, -0.05) is 27.7 Å². The molecule has 3 aromatic heterocycles. The minimum absolute atomic E-state index is 0.0639. The lowest BCUT2D eigenvalue weighted by Gasteiger charge is -2.10. The number of hydrogen-bond acceptors (Lipinski definition) is 5. The van der Waals surface area contributed by atoms with E-state index in [-0.39, 0.29) is 11.5 Å². The van der Waals surface area contributed by atoms with Gasteiger partial charge in [0.15, 0.2) is 22.5 Å². The molecular weight excluding hydrogens is 452 g/mol. The topological polar surface area (TPSA) is 65.8 Å². The Morgan fingerprint density at radius 1 is 1.17 bits per heavy atom. The van der Waals surface area contributed by atoms with E-state index in [9.17, 15) is 4.79 Å². The lowest BCUT2D eigenvalue weighted by Crippen LogP contribution is -2.06. The third-order valence-electron chi connectivity index (χ3n) is 4.73. The Bertz CT molecular complexity index is 1160. The van der Waals surface area contributed by atoms with Gasteiger partial charge in [0.05, 0.1) is 12.0 Å². The molecule has 0 aliphatic rings. The molecule has 0 unspecified atom stereocenters. The number of Topliss-reactive ketones (excluding diaryl/α,β-unsaturated/α-hetero) is 1. The number of hydrogen-bond donors (Lipinski definition) is 0. The Balaban J connectivity index is 1.53. The maximum absolute atomic E-state index is 12.9. The average molecular weight is 471 g/mol. The second kappa shape index (κ2) is 8.04. The van der Waals surface area contributed by atoms with E-state index < -0.39 is 0 Å². The molecule has 4 aromatic rings. The van der Waals surface area contributed by atoms with Crippen molar-refractivity contribution in [3.63, 3.8) is 0 Å². The van der Waals surface area contributed by atoms with Crippen LogP contribution in [0.15, 0.2) is 62.8 Å². The highest BCUT2D eigenvalue weighted by atomic mass is 79.9. The van der Waals surface area contributed by atoms with Crippen molar-refractivity contribution in [3.8, 4) is 17.3 Å². The normalized spacial score (nSPS) is 11.2. The monoisotopic (exact) mass is 470 g/mol. The molecule has 0 aliphatic carbocycles. The van der Waals surface area contributed by atoms with Crippen LogP contribution in [0, 0.1) is 13.8 Å². The molecule has 1 aromatic carbocycles. The largest absolute Gasteiger partial charge is 0.461 e. The van der Waals surface area contributed by atoms with Crippen LogP contribution in [0.4, 0.5) is 0 Å². The standard InChI is InChI=1S/C21H19BrN4O2S/c1-13-11-17(14(2)26(13)16-8-6-15(22)7-9-16)18(27)12-29-21-24-23-20(25(21)3)19-5-4-10-28-19/h4-11H,12H2,1-3H3. The lowest BCUT2D eigenvalue weighted by molar-refractivity contribution is 0.102. The summed E-state index contributed by atoms with van der Waals surface area (Å²) in [4.78, 5) is 12.9. The molecule has 4 rings (SSSR count). The minimum Gasteiger partial charge on any atom is -0.461 e. The van der Waals surface area contributed by atoms with Gasteiger partial charge in [-0.15, -0.1) is 10.2 Å². The lowest BCUT2D eigenvalue weighted by atomic mass is 10.2. The van der Waals surface area contributed by atoms with Crippen LogP contribution < -0.4 is 0 Å². The van der Waals surface area contributed by atoms with Crippen LogP contribution in [0.25, 0.3) is 17.3 Å². The molecule has 0 bridgehead atoms. The van der Waals surface area contributed by atoms with Crippen molar-refractivity contribution in [1.29, 1.82) is 0 Å². The predicted molar refractivity (Wildman–Crippen MR) is 117 cm³/mol. The number of aryl methyl sites for hydroxylation is 1. The number of carbonyl (C=O) groups excluding carboxylic acids is 1. The average Bonchev–Trinajstić information content (AvgIpc) is 3.41. The number of ketones is 1. The van der Waals surface area contributed by atoms with Gasteiger partial charge in [0.1, 0.15) is 0 Å². The first kappa shape index (κ1) is 19.7. The van der Waals surface area contributed by atoms with E-state index in [4.69, 9.17) is 4.42 Å². The summed E-state index contributed by atoms with van der Waals surface area (Å²) in [5.74, 6) is 1.64. The number of rotatable bonds is 6. The number of thioether (sulfide) groups is 1. The summed E-state index contributed by atoms with van der Waals surface area (Å²) in [6, 6.07) is 13.6. The molecule has 0 amide bonds. The SMILES string of the molecule is Cc1cc(C(=O)CSc2nnc(-c3ccco3)n2C)c(C)n1-c1ccc(Br)cc1. The second-order valence-corrected chi connectivity index (χ2v) is 8.51. The van der Waals surface area contributed by atoms with Gasteiger partial charge < -0.3 is 13.6 Å². The third-order valence-corrected chi connectivity index (χ3v) is 6.27. The van der Waals surface area contributed by atoms with Gasteiger partial charge in [-0.2, -0.15) is 0 Å². The molecule has 0 spiro atoms. The van der Waals surface area contributed by atoms with Gasteiger partial charge in [0, 0.05) is 34.2 Å². The van der Waals surface area contributed by atoms with Crippen LogP contribution in [-0.4, -0.2) is 30.9 Å². The Kier molecular flexibility index (Phi) is 5.47. The van der Waals surface area contributed by atoms with Crippen molar-refractivity contribution in [2.75, 3.05) is 5.75 Å². The number of carbonyl (C=O) groups is 1. The van der Waals surface area contributed by atoms with Gasteiger partial charge in [0.25, 0.3) is 0 Å². The Hall–Kier alpha value is -2.58. The van der Waals surface area contributed by atoms with Gasteiger partial charge in [0.2, 0.25) is 0 Å². The van der Waals surface area contributed by atoms with E-state index in [1.54, 1.807) is 6.26 Å². The number of nitrogens with zero attached hydrogens (tertiary/aromatic N) is 4. The zero-order chi connectivity index (χ0) is 20.5.